The fraction of sp³-hybridized carbons (Fsp3) is 0.333. The lowest BCUT2D eigenvalue weighted by Crippen LogP contribution is -2.71. The van der Waals surface area contributed by atoms with Crippen LogP contribution in [0.5, 0.6) is 5.75 Å². The van der Waals surface area contributed by atoms with E-state index >= 15 is 0 Å². The van der Waals surface area contributed by atoms with Crippen molar-refractivity contribution in [2.75, 3.05) is 23.4 Å². The zero-order valence-electron chi connectivity index (χ0n) is 16.8. The summed E-state index contributed by atoms with van der Waals surface area (Å²) in [5.74, 6) is -1.19. The Morgan fingerprint density at radius 1 is 1.31 bits per heavy atom. The predicted octanol–water partition coefficient (Wildman–Crippen LogP) is -0.141. The van der Waals surface area contributed by atoms with Crippen LogP contribution >= 0.6 is 23.5 Å². The van der Waals surface area contributed by atoms with Crippen molar-refractivity contribution in [1.82, 2.24) is 30.4 Å². The quantitative estimate of drug-likeness (QED) is 0.227. The van der Waals surface area contributed by atoms with E-state index in [1.165, 1.54) is 45.2 Å². The van der Waals surface area contributed by atoms with Crippen LogP contribution in [0.4, 0.5) is 5.69 Å². The Hall–Kier alpha value is -3.26. The number of phenolic OH excluding ortho intramolecular Hbond substituents is 1. The summed E-state index contributed by atoms with van der Waals surface area (Å²) >= 11 is 2.69. The van der Waals surface area contributed by atoms with E-state index in [9.17, 15) is 24.6 Å². The maximum atomic E-state index is 12.7. The van der Waals surface area contributed by atoms with Crippen LogP contribution in [-0.2, 0) is 21.4 Å². The summed E-state index contributed by atoms with van der Waals surface area (Å²) in [5, 5.41) is 35.8. The molecule has 0 aliphatic carbocycles. The third-order valence-corrected chi connectivity index (χ3v) is 7.28. The van der Waals surface area contributed by atoms with Gasteiger partial charge in [0.15, 0.2) is 0 Å². The second-order valence-corrected chi connectivity index (χ2v) is 9.03. The molecule has 2 amide bonds. The van der Waals surface area contributed by atoms with Crippen LogP contribution in [0.15, 0.2) is 40.7 Å². The average molecular weight is 478 g/mol. The van der Waals surface area contributed by atoms with Crippen molar-refractivity contribution >= 4 is 47.0 Å². The van der Waals surface area contributed by atoms with E-state index in [1.807, 2.05) is 0 Å². The maximum Gasteiger partial charge on any atom is 0.352 e. The Morgan fingerprint density at radius 2 is 2.06 bits per heavy atom. The maximum absolute atomic E-state index is 12.7. The molecule has 12 nitrogen and oxygen atoms in total. The van der Waals surface area contributed by atoms with Gasteiger partial charge in [-0.05, 0) is 40.3 Å². The highest BCUT2D eigenvalue weighted by molar-refractivity contribution is 8.01. The zero-order valence-corrected chi connectivity index (χ0v) is 18.4. The Bertz CT molecular complexity index is 1090. The number of carbonyl (C=O) groups is 3. The first kappa shape index (κ1) is 22.0. The molecule has 0 radical (unpaired) electrons. The number of rotatable bonds is 8. The summed E-state index contributed by atoms with van der Waals surface area (Å²) in [5.41, 5.74) is 1.19. The molecule has 2 aromatic rings. The van der Waals surface area contributed by atoms with Gasteiger partial charge in [-0.25, -0.2) is 9.48 Å². The van der Waals surface area contributed by atoms with Crippen LogP contribution in [0.25, 0.3) is 0 Å². The number of anilines is 1. The zero-order chi connectivity index (χ0) is 22.8. The molecule has 2 aliphatic rings. The first-order valence-corrected chi connectivity index (χ1v) is 11.5. The van der Waals surface area contributed by atoms with Crippen molar-refractivity contribution in [3.05, 3.63) is 35.5 Å². The number of β-lactam (4-membered cyclic amide) rings is 1. The molecule has 1 aromatic carbocycles. The number of carboxylic acid groups (broad SMARTS) is 1. The first-order valence-electron chi connectivity index (χ1n) is 9.42. The molecule has 4 N–H and O–H groups in total. The van der Waals surface area contributed by atoms with E-state index < -0.39 is 29.2 Å². The third kappa shape index (κ3) is 4.36. The molecule has 2 atom stereocenters. The lowest BCUT2D eigenvalue weighted by molar-refractivity contribution is -0.150. The summed E-state index contributed by atoms with van der Waals surface area (Å²) in [6, 6.07) is 5.43. The number of aryl methyl sites for hydroxylation is 1. The van der Waals surface area contributed by atoms with Gasteiger partial charge >= 0.3 is 5.97 Å². The van der Waals surface area contributed by atoms with Gasteiger partial charge in [-0.1, -0.05) is 11.8 Å². The van der Waals surface area contributed by atoms with Crippen molar-refractivity contribution in [3.63, 3.8) is 0 Å². The molecule has 14 heteroatoms. The summed E-state index contributed by atoms with van der Waals surface area (Å²) < 4.78 is 1.48. The Morgan fingerprint density at radius 3 is 2.72 bits per heavy atom. The van der Waals surface area contributed by atoms with Crippen LogP contribution in [0.3, 0.4) is 0 Å². The van der Waals surface area contributed by atoms with Crippen molar-refractivity contribution in [1.29, 1.82) is 0 Å². The van der Waals surface area contributed by atoms with Crippen LogP contribution in [0, 0.1) is 0 Å². The number of hydrogen-bond donors (Lipinski definition) is 4. The second-order valence-electron chi connectivity index (χ2n) is 6.99. The standard InChI is InChI=1S/C18H19N7O5S2/c1-24-18(21-22-23-24)32-8-9-7-31-16-13(15(28)25(16)14(9)17(29)30)20-12(27)6-19-10-2-4-11(26)5-3-10/h2-5,13,16,19,26H,6-8H2,1H3,(H,20,27)(H,29,30)/t13?,16-/m0/s1. The van der Waals surface area contributed by atoms with E-state index in [-0.39, 0.29) is 18.0 Å². The molecule has 1 aromatic heterocycles. The summed E-state index contributed by atoms with van der Waals surface area (Å²) in [4.78, 5) is 38.1. The normalized spacial score (nSPS) is 19.9. The summed E-state index contributed by atoms with van der Waals surface area (Å²) in [6.07, 6.45) is 0. The van der Waals surface area contributed by atoms with Crippen molar-refractivity contribution < 1.29 is 24.6 Å². The molecular weight excluding hydrogens is 458 g/mol. The SMILES string of the molecule is Cn1nnnc1SCC1=C(C(=O)O)N2C(=O)C(NC(=O)CNc3ccc(O)cc3)[C@@H]2SC1. The Kier molecular flexibility index (Phi) is 6.23. The van der Waals surface area contributed by atoms with Crippen LogP contribution in [0.2, 0.25) is 0 Å². The number of amides is 2. The van der Waals surface area contributed by atoms with E-state index in [2.05, 4.69) is 26.2 Å². The highest BCUT2D eigenvalue weighted by atomic mass is 32.2. The Balaban J connectivity index is 1.38. The summed E-state index contributed by atoms with van der Waals surface area (Å²) in [7, 11) is 1.68. The molecule has 1 saturated heterocycles. The summed E-state index contributed by atoms with van der Waals surface area (Å²) in [6.45, 7) is -0.0683. The van der Waals surface area contributed by atoms with Gasteiger partial charge in [-0.3, -0.25) is 14.5 Å². The van der Waals surface area contributed by atoms with E-state index in [4.69, 9.17) is 0 Å². The number of carbonyl (C=O) groups excluding carboxylic acids is 2. The van der Waals surface area contributed by atoms with Gasteiger partial charge in [0.2, 0.25) is 11.1 Å². The minimum atomic E-state index is -1.19. The number of aromatic nitrogens is 4. The smallest absolute Gasteiger partial charge is 0.352 e. The number of phenols is 1. The van der Waals surface area contributed by atoms with Crippen LogP contribution < -0.4 is 10.6 Å². The number of benzene rings is 1. The van der Waals surface area contributed by atoms with Crippen LogP contribution in [0.1, 0.15) is 0 Å². The number of nitrogens with zero attached hydrogens (tertiary/aromatic N) is 5. The molecular formula is C18H19N7O5S2. The number of hydrogen-bond acceptors (Lipinski definition) is 10. The first-order chi connectivity index (χ1) is 15.3. The van der Waals surface area contributed by atoms with E-state index in [0.29, 0.717) is 27.9 Å². The van der Waals surface area contributed by atoms with Gasteiger partial charge in [0.05, 0.1) is 6.54 Å². The van der Waals surface area contributed by atoms with Gasteiger partial charge in [0.25, 0.3) is 5.91 Å². The van der Waals surface area contributed by atoms with E-state index in [1.54, 1.807) is 19.2 Å². The predicted molar refractivity (Wildman–Crippen MR) is 116 cm³/mol. The van der Waals surface area contributed by atoms with Gasteiger partial charge in [-0.15, -0.1) is 16.9 Å². The molecule has 0 spiro atoms. The van der Waals surface area contributed by atoms with Crippen LogP contribution in [-0.4, -0.2) is 82.6 Å². The fourth-order valence-corrected chi connectivity index (χ4v) is 5.61. The molecule has 168 valence electrons. The average Bonchev–Trinajstić information content (AvgIpc) is 3.19. The fourth-order valence-electron chi connectivity index (χ4n) is 3.28. The van der Waals surface area contributed by atoms with E-state index in [0.717, 1.165) is 0 Å². The highest BCUT2D eigenvalue weighted by Gasteiger charge is 2.54. The second kappa shape index (κ2) is 9.08. The Labute approximate surface area is 190 Å². The number of fused-ring (bicyclic) bond motifs is 1. The third-order valence-electron chi connectivity index (χ3n) is 4.84. The highest BCUT2D eigenvalue weighted by Crippen LogP contribution is 2.41. The number of aliphatic carboxylic acids is 1. The number of thioether (sulfide) groups is 2. The molecule has 2 aliphatic heterocycles. The minimum Gasteiger partial charge on any atom is -0.508 e. The van der Waals surface area contributed by atoms with Gasteiger partial charge in [-0.2, -0.15) is 0 Å². The van der Waals surface area contributed by atoms with Gasteiger partial charge in [0.1, 0.15) is 22.9 Å². The molecule has 1 fully saturated rings. The molecule has 32 heavy (non-hydrogen) atoms. The molecule has 0 saturated carbocycles. The molecule has 4 rings (SSSR count). The molecule has 1 unspecified atom stereocenters. The molecule has 0 bridgehead atoms. The van der Waals surface area contributed by atoms with Crippen molar-refractivity contribution in [3.8, 4) is 5.75 Å². The largest absolute Gasteiger partial charge is 0.508 e. The number of tetrazole rings is 1. The van der Waals surface area contributed by atoms with Crippen molar-refractivity contribution in [2.45, 2.75) is 16.6 Å². The monoisotopic (exact) mass is 477 g/mol. The molecule has 3 heterocycles. The van der Waals surface area contributed by atoms with Crippen molar-refractivity contribution in [2.24, 2.45) is 7.05 Å². The number of aromatic hydroxyl groups is 1. The topological polar surface area (TPSA) is 163 Å². The lowest BCUT2D eigenvalue weighted by Gasteiger charge is -2.49. The minimum absolute atomic E-state index is 0.0471. The van der Waals surface area contributed by atoms with Gasteiger partial charge < -0.3 is 20.8 Å². The van der Waals surface area contributed by atoms with Gasteiger partial charge in [0, 0.05) is 24.2 Å². The number of carboxylic acids is 1. The lowest BCUT2D eigenvalue weighted by atomic mass is 10.0. The number of nitrogens with one attached hydrogen (secondary N) is 2.